The molecule has 0 amide bonds. The van der Waals surface area contributed by atoms with Crippen LogP contribution in [0.5, 0.6) is 0 Å². The Bertz CT molecular complexity index is 870. The van der Waals surface area contributed by atoms with Crippen molar-refractivity contribution in [3.63, 3.8) is 0 Å². The lowest BCUT2D eigenvalue weighted by molar-refractivity contribution is -0.384. The molecule has 0 spiro atoms. The number of carbonyl (C=O) groups is 1. The van der Waals surface area contributed by atoms with E-state index in [0.717, 1.165) is 17.9 Å². The molecule has 2 N–H and O–H groups in total. The third-order valence-corrected chi connectivity index (χ3v) is 3.02. The molecule has 0 aliphatic carbocycles. The van der Waals surface area contributed by atoms with E-state index in [0.29, 0.717) is 12.1 Å². The Morgan fingerprint density at radius 3 is 2.57 bits per heavy atom. The molecule has 2 rings (SSSR count). The molecule has 0 radical (unpaired) electrons. The van der Waals surface area contributed by atoms with Crippen LogP contribution < -0.4 is 5.73 Å². The number of benzene rings is 1. The number of nitriles is 1. The number of anilines is 1. The summed E-state index contributed by atoms with van der Waals surface area (Å²) in [5, 5.41) is 20.0. The van der Waals surface area contributed by atoms with Gasteiger partial charge in [-0.3, -0.25) is 10.1 Å². The smallest absolute Gasteiger partial charge is 0.357 e. The minimum atomic E-state index is -1.43. The first-order valence-corrected chi connectivity index (χ1v) is 5.94. The molecule has 0 aliphatic rings. The Labute approximate surface area is 127 Å². The van der Waals surface area contributed by atoms with Crippen LogP contribution in [0, 0.1) is 33.1 Å². The standard InChI is InChI=1S/C13H8F2N4O4/c1-23-13(20)12-11(17)6(4-16)5-18(12)9-2-7(14)8(15)3-10(9)19(21)22/h2-3,5H,17H2,1H3. The zero-order valence-corrected chi connectivity index (χ0v) is 11.5. The second kappa shape index (κ2) is 5.72. The molecule has 1 heterocycles. The maximum absolute atomic E-state index is 13.5. The van der Waals surface area contributed by atoms with E-state index in [2.05, 4.69) is 4.74 Å². The van der Waals surface area contributed by atoms with Gasteiger partial charge in [0.25, 0.3) is 5.69 Å². The third-order valence-electron chi connectivity index (χ3n) is 3.02. The van der Waals surface area contributed by atoms with E-state index in [1.165, 1.54) is 0 Å². The van der Waals surface area contributed by atoms with Gasteiger partial charge in [0, 0.05) is 12.3 Å². The second-order valence-corrected chi connectivity index (χ2v) is 4.29. The number of nitrogen functional groups attached to an aromatic ring is 1. The van der Waals surface area contributed by atoms with Crippen molar-refractivity contribution in [3.8, 4) is 11.8 Å². The maximum atomic E-state index is 13.5. The Morgan fingerprint density at radius 2 is 2.04 bits per heavy atom. The normalized spacial score (nSPS) is 10.2. The van der Waals surface area contributed by atoms with E-state index in [9.17, 15) is 23.7 Å². The van der Waals surface area contributed by atoms with E-state index in [1.807, 2.05) is 0 Å². The van der Waals surface area contributed by atoms with Gasteiger partial charge in [0.15, 0.2) is 17.3 Å². The summed E-state index contributed by atoms with van der Waals surface area (Å²) in [4.78, 5) is 21.9. The summed E-state index contributed by atoms with van der Waals surface area (Å²) in [5.74, 6) is -3.80. The molecular formula is C13H8F2N4O4. The predicted molar refractivity (Wildman–Crippen MR) is 72.8 cm³/mol. The number of nitro benzene ring substituents is 1. The van der Waals surface area contributed by atoms with Gasteiger partial charge in [-0.05, 0) is 0 Å². The number of halogens is 2. The first kappa shape index (κ1) is 15.9. The molecule has 1 aromatic heterocycles. The Hall–Kier alpha value is -3.48. The molecule has 0 bridgehead atoms. The van der Waals surface area contributed by atoms with E-state index >= 15 is 0 Å². The van der Waals surface area contributed by atoms with Crippen molar-refractivity contribution >= 4 is 17.3 Å². The highest BCUT2D eigenvalue weighted by Crippen LogP contribution is 2.31. The lowest BCUT2D eigenvalue weighted by atomic mass is 10.2. The van der Waals surface area contributed by atoms with E-state index in [1.54, 1.807) is 6.07 Å². The number of aromatic nitrogens is 1. The van der Waals surface area contributed by atoms with Crippen molar-refractivity contribution in [1.82, 2.24) is 4.57 Å². The molecule has 0 aliphatic heterocycles. The summed E-state index contributed by atoms with van der Waals surface area (Å²) in [6.45, 7) is 0. The SMILES string of the molecule is COC(=O)c1c(N)c(C#N)cn1-c1cc(F)c(F)cc1[N+](=O)[O-]. The van der Waals surface area contributed by atoms with Gasteiger partial charge in [-0.1, -0.05) is 0 Å². The average Bonchev–Trinajstić information content (AvgIpc) is 2.85. The number of hydrogen-bond donors (Lipinski definition) is 1. The van der Waals surface area contributed by atoms with Gasteiger partial charge in [-0.15, -0.1) is 0 Å². The highest BCUT2D eigenvalue weighted by atomic mass is 19.2. The van der Waals surface area contributed by atoms with Gasteiger partial charge in [0.05, 0.1) is 29.4 Å². The minimum absolute atomic E-state index is 0.176. The van der Waals surface area contributed by atoms with Crippen LogP contribution in [0.15, 0.2) is 18.3 Å². The number of carbonyl (C=O) groups excluding carboxylic acids is 1. The lowest BCUT2D eigenvalue weighted by Crippen LogP contribution is -2.12. The van der Waals surface area contributed by atoms with Gasteiger partial charge < -0.3 is 15.0 Å². The van der Waals surface area contributed by atoms with Crippen molar-refractivity contribution in [3.05, 3.63) is 51.3 Å². The third kappa shape index (κ3) is 2.55. The molecule has 0 unspecified atom stereocenters. The summed E-state index contributed by atoms with van der Waals surface area (Å²) < 4.78 is 32.1. The zero-order valence-electron chi connectivity index (χ0n) is 11.5. The second-order valence-electron chi connectivity index (χ2n) is 4.29. The van der Waals surface area contributed by atoms with Crippen LogP contribution in [0.3, 0.4) is 0 Å². The van der Waals surface area contributed by atoms with Crippen LogP contribution in [-0.2, 0) is 4.74 Å². The highest BCUT2D eigenvalue weighted by molar-refractivity contribution is 5.96. The number of nitrogens with zero attached hydrogens (tertiary/aromatic N) is 3. The fourth-order valence-corrected chi connectivity index (χ4v) is 1.97. The van der Waals surface area contributed by atoms with Crippen LogP contribution in [0.4, 0.5) is 20.2 Å². The van der Waals surface area contributed by atoms with E-state index < -0.39 is 39.6 Å². The molecule has 1 aromatic carbocycles. The van der Waals surface area contributed by atoms with Crippen molar-refractivity contribution in [2.45, 2.75) is 0 Å². The van der Waals surface area contributed by atoms with Crippen LogP contribution in [-0.4, -0.2) is 22.6 Å². The number of methoxy groups -OCH3 is 1. The van der Waals surface area contributed by atoms with Crippen LogP contribution in [0.25, 0.3) is 5.69 Å². The number of nitro groups is 1. The van der Waals surface area contributed by atoms with Gasteiger partial charge >= 0.3 is 5.97 Å². The quantitative estimate of drug-likeness (QED) is 0.523. The number of ether oxygens (including phenoxy) is 1. The van der Waals surface area contributed by atoms with Crippen LogP contribution >= 0.6 is 0 Å². The molecule has 8 nitrogen and oxygen atoms in total. The van der Waals surface area contributed by atoms with Crippen LogP contribution in [0.2, 0.25) is 0 Å². The van der Waals surface area contributed by atoms with Crippen molar-refractivity contribution in [2.24, 2.45) is 0 Å². The fourth-order valence-electron chi connectivity index (χ4n) is 1.97. The van der Waals surface area contributed by atoms with Gasteiger partial charge in [-0.25, -0.2) is 13.6 Å². The number of nitrogens with two attached hydrogens (primary N) is 1. The summed E-state index contributed by atoms with van der Waals surface area (Å²) in [7, 11) is 1.03. The Kier molecular flexibility index (Phi) is 3.96. The first-order chi connectivity index (χ1) is 10.8. The molecule has 2 aromatic rings. The number of esters is 1. The fraction of sp³-hybridized carbons (Fsp3) is 0.0769. The zero-order chi connectivity index (χ0) is 17.3. The largest absolute Gasteiger partial charge is 0.464 e. The molecule has 0 saturated heterocycles. The average molecular weight is 322 g/mol. The molecule has 0 fully saturated rings. The van der Waals surface area contributed by atoms with Gasteiger partial charge in [0.1, 0.15) is 11.8 Å². The number of rotatable bonds is 3. The lowest BCUT2D eigenvalue weighted by Gasteiger charge is -2.09. The Morgan fingerprint density at radius 1 is 1.43 bits per heavy atom. The summed E-state index contributed by atoms with van der Waals surface area (Å²) in [6.07, 6.45) is 1.00. The monoisotopic (exact) mass is 322 g/mol. The summed E-state index contributed by atoms with van der Waals surface area (Å²) >= 11 is 0. The molecular weight excluding hydrogens is 314 g/mol. The van der Waals surface area contributed by atoms with E-state index in [4.69, 9.17) is 11.0 Å². The topological polar surface area (TPSA) is 124 Å². The molecule has 10 heteroatoms. The van der Waals surface area contributed by atoms with Crippen molar-refractivity contribution < 1.29 is 23.2 Å². The van der Waals surface area contributed by atoms with Crippen molar-refractivity contribution in [2.75, 3.05) is 12.8 Å². The predicted octanol–water partition coefficient (Wildman–Crippen LogP) is 1.90. The summed E-state index contributed by atoms with van der Waals surface area (Å²) in [5.41, 5.74) is 3.49. The Balaban J connectivity index is 2.87. The number of hydrogen-bond acceptors (Lipinski definition) is 6. The molecule has 23 heavy (non-hydrogen) atoms. The first-order valence-electron chi connectivity index (χ1n) is 5.94. The molecule has 0 saturated carbocycles. The van der Waals surface area contributed by atoms with Gasteiger partial charge in [0.2, 0.25) is 0 Å². The van der Waals surface area contributed by atoms with Crippen molar-refractivity contribution in [1.29, 1.82) is 5.26 Å². The molecule has 0 atom stereocenters. The van der Waals surface area contributed by atoms with E-state index in [-0.39, 0.29) is 11.3 Å². The summed E-state index contributed by atoms with van der Waals surface area (Å²) in [6, 6.07) is 2.59. The molecule has 118 valence electrons. The maximum Gasteiger partial charge on any atom is 0.357 e. The minimum Gasteiger partial charge on any atom is -0.464 e. The van der Waals surface area contributed by atoms with Crippen LogP contribution in [0.1, 0.15) is 16.1 Å². The highest BCUT2D eigenvalue weighted by Gasteiger charge is 2.27. The van der Waals surface area contributed by atoms with Gasteiger partial charge in [-0.2, -0.15) is 5.26 Å².